The molecule has 1 heterocycles. The minimum Gasteiger partial charge on any atom is -0.331 e. The van der Waals surface area contributed by atoms with E-state index >= 15 is 0 Å². The summed E-state index contributed by atoms with van der Waals surface area (Å²) in [6, 6.07) is 5.53. The van der Waals surface area contributed by atoms with Crippen molar-refractivity contribution in [2.75, 3.05) is 13.1 Å². The second-order valence-electron chi connectivity index (χ2n) is 4.33. The summed E-state index contributed by atoms with van der Waals surface area (Å²) in [7, 11) is 0. The van der Waals surface area contributed by atoms with Gasteiger partial charge in [0, 0.05) is 23.0 Å². The van der Waals surface area contributed by atoms with Crippen LogP contribution in [0.25, 0.3) is 0 Å². The molecule has 0 N–H and O–H groups in total. The number of halogens is 1. The average molecular weight is 296 g/mol. The van der Waals surface area contributed by atoms with Gasteiger partial charge in [-0.1, -0.05) is 22.0 Å². The van der Waals surface area contributed by atoms with Gasteiger partial charge in [0.25, 0.3) is 5.91 Å². The first-order chi connectivity index (χ1) is 8.08. The van der Waals surface area contributed by atoms with E-state index in [2.05, 4.69) is 15.9 Å². The van der Waals surface area contributed by atoms with E-state index in [4.69, 9.17) is 0 Å². The standard InChI is InChI=1S/C13H14BrNO2/c1-9-4-5-10(7-12(9)14)13(17)15-6-2-3-11(16)8-15/h4-5,7H,2-3,6,8H2,1H3. The van der Waals surface area contributed by atoms with Gasteiger partial charge in [-0.15, -0.1) is 0 Å². The summed E-state index contributed by atoms with van der Waals surface area (Å²) in [5, 5.41) is 0. The summed E-state index contributed by atoms with van der Waals surface area (Å²) in [5.74, 6) is 0.0922. The summed E-state index contributed by atoms with van der Waals surface area (Å²) in [6.07, 6.45) is 1.37. The minimum atomic E-state index is -0.0567. The summed E-state index contributed by atoms with van der Waals surface area (Å²) < 4.78 is 0.923. The number of likely N-dealkylation sites (tertiary alicyclic amines) is 1. The van der Waals surface area contributed by atoms with Crippen LogP contribution in [0.3, 0.4) is 0 Å². The summed E-state index contributed by atoms with van der Waals surface area (Å²) in [6.45, 7) is 2.91. The SMILES string of the molecule is Cc1ccc(C(=O)N2CCCC(=O)C2)cc1Br. The summed E-state index contributed by atoms with van der Waals surface area (Å²) in [4.78, 5) is 25.1. The normalized spacial score (nSPS) is 16.1. The van der Waals surface area contributed by atoms with Crippen LogP contribution in [0.15, 0.2) is 22.7 Å². The number of amides is 1. The van der Waals surface area contributed by atoms with Crippen LogP contribution in [-0.4, -0.2) is 29.7 Å². The van der Waals surface area contributed by atoms with Gasteiger partial charge in [0.1, 0.15) is 0 Å². The van der Waals surface area contributed by atoms with Crippen molar-refractivity contribution >= 4 is 27.6 Å². The molecule has 1 aliphatic heterocycles. The van der Waals surface area contributed by atoms with Crippen LogP contribution < -0.4 is 0 Å². The number of carbonyl (C=O) groups is 2. The number of hydrogen-bond donors (Lipinski definition) is 0. The quantitative estimate of drug-likeness (QED) is 0.798. The Morgan fingerprint density at radius 2 is 2.18 bits per heavy atom. The molecule has 90 valence electrons. The number of nitrogens with zero attached hydrogens (tertiary/aromatic N) is 1. The molecule has 0 aliphatic carbocycles. The molecule has 1 aromatic rings. The lowest BCUT2D eigenvalue weighted by atomic mass is 10.1. The van der Waals surface area contributed by atoms with Gasteiger partial charge in [-0.25, -0.2) is 0 Å². The monoisotopic (exact) mass is 295 g/mol. The van der Waals surface area contributed by atoms with Crippen molar-refractivity contribution in [1.82, 2.24) is 4.90 Å². The third kappa shape index (κ3) is 2.75. The number of piperidine rings is 1. The Labute approximate surface area is 109 Å². The highest BCUT2D eigenvalue weighted by atomic mass is 79.9. The molecule has 0 aromatic heterocycles. The number of benzene rings is 1. The molecule has 1 aromatic carbocycles. The van der Waals surface area contributed by atoms with E-state index in [0.29, 0.717) is 18.5 Å². The van der Waals surface area contributed by atoms with Gasteiger partial charge in [0.15, 0.2) is 5.78 Å². The molecule has 0 radical (unpaired) electrons. The number of hydrogen-bond acceptors (Lipinski definition) is 2. The average Bonchev–Trinajstić information content (AvgIpc) is 2.32. The number of aryl methyl sites for hydroxylation is 1. The van der Waals surface area contributed by atoms with Crippen molar-refractivity contribution in [3.8, 4) is 0 Å². The minimum absolute atomic E-state index is 0.0567. The van der Waals surface area contributed by atoms with Crippen molar-refractivity contribution in [3.63, 3.8) is 0 Å². The maximum Gasteiger partial charge on any atom is 0.254 e. The Morgan fingerprint density at radius 3 is 2.82 bits per heavy atom. The first-order valence-corrected chi connectivity index (χ1v) is 6.44. The molecule has 0 unspecified atom stereocenters. The Hall–Kier alpha value is -1.16. The Kier molecular flexibility index (Phi) is 3.62. The van der Waals surface area contributed by atoms with Gasteiger partial charge < -0.3 is 4.90 Å². The van der Waals surface area contributed by atoms with Crippen LogP contribution in [0.2, 0.25) is 0 Å². The molecule has 0 saturated carbocycles. The lowest BCUT2D eigenvalue weighted by Gasteiger charge is -2.26. The molecule has 0 spiro atoms. The molecule has 1 amide bonds. The number of ketones is 1. The van der Waals surface area contributed by atoms with Crippen LogP contribution in [0, 0.1) is 6.92 Å². The third-order valence-corrected chi connectivity index (χ3v) is 3.81. The maximum absolute atomic E-state index is 12.2. The van der Waals surface area contributed by atoms with Crippen LogP contribution >= 0.6 is 15.9 Å². The predicted octanol–water partition coefficient (Wildman–Crippen LogP) is 2.56. The smallest absolute Gasteiger partial charge is 0.254 e. The van der Waals surface area contributed by atoms with Crippen molar-refractivity contribution in [2.45, 2.75) is 19.8 Å². The van der Waals surface area contributed by atoms with E-state index in [1.54, 1.807) is 4.90 Å². The first kappa shape index (κ1) is 12.3. The summed E-state index contributed by atoms with van der Waals surface area (Å²) in [5.41, 5.74) is 1.73. The Bertz CT molecular complexity index is 470. The van der Waals surface area contributed by atoms with E-state index in [1.807, 2.05) is 25.1 Å². The Morgan fingerprint density at radius 1 is 1.41 bits per heavy atom. The van der Waals surface area contributed by atoms with Crippen molar-refractivity contribution in [1.29, 1.82) is 0 Å². The topological polar surface area (TPSA) is 37.4 Å². The highest BCUT2D eigenvalue weighted by molar-refractivity contribution is 9.10. The molecule has 1 saturated heterocycles. The van der Waals surface area contributed by atoms with Gasteiger partial charge in [-0.2, -0.15) is 0 Å². The number of rotatable bonds is 1. The van der Waals surface area contributed by atoms with Gasteiger partial charge in [0.05, 0.1) is 6.54 Å². The molecule has 0 atom stereocenters. The molecular weight excluding hydrogens is 282 g/mol. The van der Waals surface area contributed by atoms with Crippen molar-refractivity contribution < 1.29 is 9.59 Å². The zero-order valence-corrected chi connectivity index (χ0v) is 11.3. The second kappa shape index (κ2) is 5.00. The van der Waals surface area contributed by atoms with Crippen LogP contribution in [0.5, 0.6) is 0 Å². The zero-order valence-electron chi connectivity index (χ0n) is 9.70. The lowest BCUT2D eigenvalue weighted by molar-refractivity contribution is -0.121. The molecule has 1 fully saturated rings. The molecule has 1 aliphatic rings. The van der Waals surface area contributed by atoms with Crippen LogP contribution in [0.4, 0.5) is 0 Å². The maximum atomic E-state index is 12.2. The molecule has 17 heavy (non-hydrogen) atoms. The lowest BCUT2D eigenvalue weighted by Crippen LogP contribution is -2.40. The van der Waals surface area contributed by atoms with Gasteiger partial charge in [0.2, 0.25) is 0 Å². The Balaban J connectivity index is 2.18. The fraction of sp³-hybridized carbons (Fsp3) is 0.385. The largest absolute Gasteiger partial charge is 0.331 e. The molecule has 3 nitrogen and oxygen atoms in total. The van der Waals surface area contributed by atoms with Gasteiger partial charge in [-0.3, -0.25) is 9.59 Å². The van der Waals surface area contributed by atoms with Gasteiger partial charge in [-0.05, 0) is 31.0 Å². The fourth-order valence-electron chi connectivity index (χ4n) is 1.92. The fourth-order valence-corrected chi connectivity index (χ4v) is 2.30. The van der Waals surface area contributed by atoms with E-state index < -0.39 is 0 Å². The van der Waals surface area contributed by atoms with Gasteiger partial charge >= 0.3 is 0 Å². The highest BCUT2D eigenvalue weighted by Gasteiger charge is 2.22. The zero-order chi connectivity index (χ0) is 12.4. The van der Waals surface area contributed by atoms with E-state index in [0.717, 1.165) is 16.5 Å². The predicted molar refractivity (Wildman–Crippen MR) is 69.0 cm³/mol. The van der Waals surface area contributed by atoms with E-state index in [9.17, 15) is 9.59 Å². The van der Waals surface area contributed by atoms with E-state index in [-0.39, 0.29) is 18.2 Å². The van der Waals surface area contributed by atoms with Crippen LogP contribution in [-0.2, 0) is 4.79 Å². The first-order valence-electron chi connectivity index (χ1n) is 5.65. The molecule has 4 heteroatoms. The highest BCUT2D eigenvalue weighted by Crippen LogP contribution is 2.19. The van der Waals surface area contributed by atoms with Crippen molar-refractivity contribution in [2.24, 2.45) is 0 Å². The van der Waals surface area contributed by atoms with E-state index in [1.165, 1.54) is 0 Å². The van der Waals surface area contributed by atoms with Crippen molar-refractivity contribution in [3.05, 3.63) is 33.8 Å². The molecular formula is C13H14BrNO2. The number of carbonyl (C=O) groups excluding carboxylic acids is 2. The molecule has 0 bridgehead atoms. The second-order valence-corrected chi connectivity index (χ2v) is 5.19. The third-order valence-electron chi connectivity index (χ3n) is 2.96. The number of Topliss-reactive ketones (excluding diaryl/α,β-unsaturated/α-hetero) is 1. The van der Waals surface area contributed by atoms with Crippen LogP contribution in [0.1, 0.15) is 28.8 Å². The summed E-state index contributed by atoms with van der Waals surface area (Å²) >= 11 is 3.41. The molecule has 2 rings (SSSR count).